The van der Waals surface area contributed by atoms with Gasteiger partial charge in [0, 0.05) is 17.8 Å². The van der Waals surface area contributed by atoms with Crippen molar-refractivity contribution in [3.8, 4) is 0 Å². The molecule has 1 aromatic rings. The lowest BCUT2D eigenvalue weighted by molar-refractivity contribution is 0.525. The van der Waals surface area contributed by atoms with Crippen LogP contribution in [0.5, 0.6) is 0 Å². The van der Waals surface area contributed by atoms with Gasteiger partial charge in [-0.2, -0.15) is 0 Å². The van der Waals surface area contributed by atoms with Gasteiger partial charge in [0.05, 0.1) is 0 Å². The zero-order chi connectivity index (χ0) is 8.39. The van der Waals surface area contributed by atoms with Crippen molar-refractivity contribution in [3.63, 3.8) is 0 Å². The Balaban J connectivity index is 2.37. The Labute approximate surface area is 73.8 Å². The zero-order valence-electron chi connectivity index (χ0n) is 7.59. The van der Waals surface area contributed by atoms with Gasteiger partial charge in [0.25, 0.3) is 0 Å². The first-order valence-corrected chi connectivity index (χ1v) is 4.85. The standard InChI is InChI=1S/C11H15N/c1-2-9-5-3-6-10-7-4-8-12-11(9)10/h4,7-9H,2-3,5-6H2,1H3/t9-/m0/s1. The molecule has 0 N–H and O–H groups in total. The Morgan fingerprint density at radius 2 is 2.50 bits per heavy atom. The van der Waals surface area contributed by atoms with E-state index in [-0.39, 0.29) is 0 Å². The van der Waals surface area contributed by atoms with Crippen molar-refractivity contribution in [2.24, 2.45) is 0 Å². The summed E-state index contributed by atoms with van der Waals surface area (Å²) in [5.74, 6) is 0.731. The highest BCUT2D eigenvalue weighted by atomic mass is 14.7. The molecular formula is C11H15N. The number of nitrogens with zero attached hydrogens (tertiary/aromatic N) is 1. The van der Waals surface area contributed by atoms with Crippen molar-refractivity contribution in [1.29, 1.82) is 0 Å². The van der Waals surface area contributed by atoms with E-state index in [0.29, 0.717) is 0 Å². The van der Waals surface area contributed by atoms with Crippen LogP contribution in [0.2, 0.25) is 0 Å². The summed E-state index contributed by atoms with van der Waals surface area (Å²) in [6.45, 7) is 2.26. The van der Waals surface area contributed by atoms with E-state index in [0.717, 1.165) is 5.92 Å². The second kappa shape index (κ2) is 3.26. The summed E-state index contributed by atoms with van der Waals surface area (Å²) in [7, 11) is 0. The fourth-order valence-electron chi connectivity index (χ4n) is 2.10. The van der Waals surface area contributed by atoms with E-state index in [1.165, 1.54) is 36.9 Å². The maximum absolute atomic E-state index is 4.47. The topological polar surface area (TPSA) is 12.9 Å². The van der Waals surface area contributed by atoms with Gasteiger partial charge in [-0.1, -0.05) is 13.0 Å². The summed E-state index contributed by atoms with van der Waals surface area (Å²) in [5.41, 5.74) is 2.85. The number of hydrogen-bond donors (Lipinski definition) is 0. The molecule has 64 valence electrons. The van der Waals surface area contributed by atoms with Gasteiger partial charge < -0.3 is 0 Å². The SMILES string of the molecule is CC[C@H]1CCCc2cccnc21. The molecule has 1 aliphatic rings. The fraction of sp³-hybridized carbons (Fsp3) is 0.545. The Morgan fingerprint density at radius 3 is 3.33 bits per heavy atom. The van der Waals surface area contributed by atoms with Crippen LogP contribution in [0, 0.1) is 0 Å². The van der Waals surface area contributed by atoms with E-state index in [2.05, 4.69) is 24.0 Å². The van der Waals surface area contributed by atoms with E-state index < -0.39 is 0 Å². The minimum absolute atomic E-state index is 0.731. The van der Waals surface area contributed by atoms with Gasteiger partial charge in [-0.3, -0.25) is 4.98 Å². The van der Waals surface area contributed by atoms with Crippen LogP contribution in [0.4, 0.5) is 0 Å². The van der Waals surface area contributed by atoms with Crippen molar-refractivity contribution in [3.05, 3.63) is 29.6 Å². The molecule has 0 aromatic carbocycles. The molecule has 1 aromatic heterocycles. The maximum Gasteiger partial charge on any atom is 0.0466 e. The van der Waals surface area contributed by atoms with E-state index in [1.807, 2.05) is 6.20 Å². The lowest BCUT2D eigenvalue weighted by atomic mass is 9.85. The molecule has 0 spiro atoms. The molecule has 0 bridgehead atoms. The van der Waals surface area contributed by atoms with E-state index in [9.17, 15) is 0 Å². The van der Waals surface area contributed by atoms with Gasteiger partial charge in [0.2, 0.25) is 0 Å². The van der Waals surface area contributed by atoms with Crippen molar-refractivity contribution >= 4 is 0 Å². The number of aryl methyl sites for hydroxylation is 1. The first kappa shape index (κ1) is 7.78. The van der Waals surface area contributed by atoms with Gasteiger partial charge in [-0.25, -0.2) is 0 Å². The van der Waals surface area contributed by atoms with Crippen LogP contribution in [0.1, 0.15) is 43.4 Å². The summed E-state index contributed by atoms with van der Waals surface area (Å²) in [6.07, 6.45) is 7.08. The van der Waals surface area contributed by atoms with Crippen molar-refractivity contribution in [1.82, 2.24) is 4.98 Å². The van der Waals surface area contributed by atoms with Crippen LogP contribution in [-0.2, 0) is 6.42 Å². The normalized spacial score (nSPS) is 21.9. The van der Waals surface area contributed by atoms with Crippen LogP contribution in [0.25, 0.3) is 0 Å². The van der Waals surface area contributed by atoms with Gasteiger partial charge in [-0.15, -0.1) is 0 Å². The van der Waals surface area contributed by atoms with Crippen LogP contribution >= 0.6 is 0 Å². The summed E-state index contributed by atoms with van der Waals surface area (Å²) in [6, 6.07) is 4.28. The third kappa shape index (κ3) is 1.24. The lowest BCUT2D eigenvalue weighted by Gasteiger charge is -2.22. The highest BCUT2D eigenvalue weighted by Gasteiger charge is 2.18. The van der Waals surface area contributed by atoms with Crippen molar-refractivity contribution in [2.75, 3.05) is 0 Å². The van der Waals surface area contributed by atoms with E-state index in [4.69, 9.17) is 0 Å². The lowest BCUT2D eigenvalue weighted by Crippen LogP contribution is -2.10. The molecule has 1 heteroatoms. The average Bonchev–Trinajstić information content (AvgIpc) is 2.17. The summed E-state index contributed by atoms with van der Waals surface area (Å²) in [4.78, 5) is 4.47. The summed E-state index contributed by atoms with van der Waals surface area (Å²) in [5, 5.41) is 0. The second-order valence-electron chi connectivity index (χ2n) is 3.55. The van der Waals surface area contributed by atoms with E-state index in [1.54, 1.807) is 0 Å². The first-order valence-electron chi connectivity index (χ1n) is 4.85. The molecule has 0 amide bonds. The molecule has 1 atom stereocenters. The smallest absolute Gasteiger partial charge is 0.0466 e. The van der Waals surface area contributed by atoms with Crippen molar-refractivity contribution in [2.45, 2.75) is 38.5 Å². The number of pyridine rings is 1. The monoisotopic (exact) mass is 161 g/mol. The number of hydrogen-bond acceptors (Lipinski definition) is 1. The van der Waals surface area contributed by atoms with Crippen molar-refractivity contribution < 1.29 is 0 Å². The fourth-order valence-corrected chi connectivity index (χ4v) is 2.10. The third-order valence-electron chi connectivity index (χ3n) is 2.80. The molecule has 0 aliphatic heterocycles. The van der Waals surface area contributed by atoms with Crippen LogP contribution in [-0.4, -0.2) is 4.98 Å². The predicted octanol–water partition coefficient (Wildman–Crippen LogP) is 2.91. The molecule has 0 fully saturated rings. The molecule has 0 unspecified atom stereocenters. The molecule has 1 nitrogen and oxygen atoms in total. The minimum Gasteiger partial charge on any atom is -0.261 e. The van der Waals surface area contributed by atoms with Crippen LogP contribution in [0.3, 0.4) is 0 Å². The first-order chi connectivity index (χ1) is 5.92. The molecule has 0 saturated heterocycles. The second-order valence-corrected chi connectivity index (χ2v) is 3.55. The maximum atomic E-state index is 4.47. The molecule has 12 heavy (non-hydrogen) atoms. The molecular weight excluding hydrogens is 146 g/mol. The molecule has 1 aliphatic carbocycles. The molecule has 2 rings (SSSR count). The number of aromatic nitrogens is 1. The largest absolute Gasteiger partial charge is 0.261 e. The molecule has 1 heterocycles. The highest BCUT2D eigenvalue weighted by Crippen LogP contribution is 2.31. The molecule has 0 radical (unpaired) electrons. The Hall–Kier alpha value is -0.850. The van der Waals surface area contributed by atoms with Crippen LogP contribution < -0.4 is 0 Å². The van der Waals surface area contributed by atoms with E-state index >= 15 is 0 Å². The van der Waals surface area contributed by atoms with Crippen LogP contribution in [0.15, 0.2) is 18.3 Å². The zero-order valence-corrected chi connectivity index (χ0v) is 7.59. The Morgan fingerprint density at radius 1 is 1.58 bits per heavy atom. The Bertz CT molecular complexity index is 267. The highest BCUT2D eigenvalue weighted by molar-refractivity contribution is 5.25. The number of fused-ring (bicyclic) bond motifs is 1. The minimum atomic E-state index is 0.731. The quantitative estimate of drug-likeness (QED) is 0.617. The van der Waals surface area contributed by atoms with Gasteiger partial charge in [-0.05, 0) is 37.3 Å². The number of rotatable bonds is 1. The Kier molecular flexibility index (Phi) is 2.11. The molecule has 0 saturated carbocycles. The van der Waals surface area contributed by atoms with Gasteiger partial charge in [0.1, 0.15) is 0 Å². The van der Waals surface area contributed by atoms with Gasteiger partial charge >= 0.3 is 0 Å². The summed E-state index contributed by atoms with van der Waals surface area (Å²) >= 11 is 0. The summed E-state index contributed by atoms with van der Waals surface area (Å²) < 4.78 is 0. The predicted molar refractivity (Wildman–Crippen MR) is 50.2 cm³/mol. The third-order valence-corrected chi connectivity index (χ3v) is 2.80. The van der Waals surface area contributed by atoms with Gasteiger partial charge in [0.15, 0.2) is 0 Å². The average molecular weight is 161 g/mol.